The second-order valence-corrected chi connectivity index (χ2v) is 6.96. The highest BCUT2D eigenvalue weighted by Crippen LogP contribution is 2.18. The molecule has 0 bridgehead atoms. The summed E-state index contributed by atoms with van der Waals surface area (Å²) < 4.78 is 26.1. The summed E-state index contributed by atoms with van der Waals surface area (Å²) in [5.41, 5.74) is 1.28. The van der Waals surface area contributed by atoms with Gasteiger partial charge in [-0.1, -0.05) is 23.7 Å². The van der Waals surface area contributed by atoms with Crippen LogP contribution < -0.4 is 10.1 Å². The molecule has 0 fully saturated rings. The number of benzene rings is 2. The average Bonchev–Trinajstić information content (AvgIpc) is 3.37. The molecule has 1 N–H and O–H groups in total. The number of nitrogens with zero attached hydrogens (tertiary/aromatic N) is 2. The largest absolute Gasteiger partial charge is 0.486 e. The van der Waals surface area contributed by atoms with Gasteiger partial charge in [-0.05, 0) is 54.1 Å². The first kappa shape index (κ1) is 19.7. The lowest BCUT2D eigenvalue weighted by molar-refractivity contribution is 0.0992. The van der Waals surface area contributed by atoms with Crippen molar-refractivity contribution in [1.29, 1.82) is 0 Å². The Morgan fingerprint density at radius 3 is 2.80 bits per heavy atom. The van der Waals surface area contributed by atoms with Crippen molar-refractivity contribution in [2.75, 3.05) is 5.32 Å². The lowest BCUT2D eigenvalue weighted by atomic mass is 10.2. The molecule has 0 saturated carbocycles. The first-order valence-electron chi connectivity index (χ1n) is 9.10. The molecule has 0 unspecified atom stereocenters. The van der Waals surface area contributed by atoms with Gasteiger partial charge in [0.25, 0.3) is 5.91 Å². The van der Waals surface area contributed by atoms with Crippen molar-refractivity contribution in [3.05, 3.63) is 101 Å². The van der Waals surface area contributed by atoms with Crippen LogP contribution in [0.4, 0.5) is 10.1 Å². The van der Waals surface area contributed by atoms with Gasteiger partial charge in [-0.2, -0.15) is 5.10 Å². The Bertz CT molecular complexity index is 1150. The molecule has 0 spiro atoms. The minimum absolute atomic E-state index is 0.155. The maximum Gasteiger partial charge on any atom is 0.291 e. The Balaban J connectivity index is 1.33. The SMILES string of the molecule is O=C(Nc1cnn(Cc2cccc(F)c2)c1)c1ccc(COc2ccc(Cl)cc2)o1. The summed E-state index contributed by atoms with van der Waals surface area (Å²) in [6.45, 7) is 0.570. The first-order chi connectivity index (χ1) is 14.5. The number of carbonyl (C=O) groups excluding carboxylic acids is 1. The van der Waals surface area contributed by atoms with Crippen molar-refractivity contribution < 1.29 is 18.3 Å². The average molecular weight is 426 g/mol. The van der Waals surface area contributed by atoms with E-state index in [0.717, 1.165) is 5.56 Å². The maximum absolute atomic E-state index is 13.3. The zero-order chi connectivity index (χ0) is 20.9. The van der Waals surface area contributed by atoms with E-state index in [1.54, 1.807) is 59.4 Å². The summed E-state index contributed by atoms with van der Waals surface area (Å²) in [7, 11) is 0. The zero-order valence-corrected chi connectivity index (χ0v) is 16.5. The molecule has 0 saturated heterocycles. The van der Waals surface area contributed by atoms with Crippen LogP contribution >= 0.6 is 11.6 Å². The Morgan fingerprint density at radius 2 is 2.00 bits per heavy atom. The quantitative estimate of drug-likeness (QED) is 0.444. The van der Waals surface area contributed by atoms with Crippen LogP contribution in [0.25, 0.3) is 0 Å². The summed E-state index contributed by atoms with van der Waals surface area (Å²) in [4.78, 5) is 12.4. The van der Waals surface area contributed by atoms with E-state index in [1.165, 1.54) is 18.3 Å². The highest BCUT2D eigenvalue weighted by Gasteiger charge is 2.13. The van der Waals surface area contributed by atoms with Crippen LogP contribution in [0.15, 0.2) is 77.5 Å². The summed E-state index contributed by atoms with van der Waals surface area (Å²) in [5.74, 6) is 0.604. The molecule has 4 aromatic rings. The highest BCUT2D eigenvalue weighted by molar-refractivity contribution is 6.30. The van der Waals surface area contributed by atoms with Gasteiger partial charge in [-0.25, -0.2) is 4.39 Å². The molecule has 8 heteroatoms. The van der Waals surface area contributed by atoms with Crippen LogP contribution in [0, 0.1) is 5.82 Å². The minimum atomic E-state index is -0.405. The molecule has 2 heterocycles. The Morgan fingerprint density at radius 1 is 1.17 bits per heavy atom. The fourth-order valence-electron chi connectivity index (χ4n) is 2.79. The van der Waals surface area contributed by atoms with Crippen LogP contribution in [0.5, 0.6) is 5.75 Å². The smallest absolute Gasteiger partial charge is 0.291 e. The summed E-state index contributed by atoms with van der Waals surface area (Å²) >= 11 is 5.84. The predicted octanol–water partition coefficient (Wildman–Crippen LogP) is 5.15. The van der Waals surface area contributed by atoms with E-state index in [2.05, 4.69) is 10.4 Å². The molecule has 6 nitrogen and oxygen atoms in total. The van der Waals surface area contributed by atoms with Crippen molar-refractivity contribution in [1.82, 2.24) is 9.78 Å². The van der Waals surface area contributed by atoms with E-state index < -0.39 is 5.91 Å². The second kappa shape index (κ2) is 8.84. The number of furan rings is 1. The first-order valence-corrected chi connectivity index (χ1v) is 9.48. The molecular formula is C22H17ClFN3O3. The number of amides is 1. The van der Waals surface area contributed by atoms with Crippen LogP contribution in [0.2, 0.25) is 5.02 Å². The molecule has 0 aliphatic carbocycles. The van der Waals surface area contributed by atoms with Crippen LogP contribution in [0.1, 0.15) is 21.9 Å². The molecule has 0 aliphatic heterocycles. The fraction of sp³-hybridized carbons (Fsp3) is 0.0909. The van der Waals surface area contributed by atoms with Crippen LogP contribution in [0.3, 0.4) is 0 Å². The van der Waals surface area contributed by atoms with Crippen molar-refractivity contribution in [2.24, 2.45) is 0 Å². The van der Waals surface area contributed by atoms with E-state index in [-0.39, 0.29) is 18.2 Å². The van der Waals surface area contributed by atoms with Gasteiger partial charge >= 0.3 is 0 Å². The van der Waals surface area contributed by atoms with Gasteiger partial charge in [0.2, 0.25) is 0 Å². The molecule has 0 radical (unpaired) electrons. The highest BCUT2D eigenvalue weighted by atomic mass is 35.5. The van der Waals surface area contributed by atoms with Gasteiger partial charge in [0.05, 0.1) is 18.4 Å². The summed E-state index contributed by atoms with van der Waals surface area (Å²) in [6, 6.07) is 16.5. The van der Waals surface area contributed by atoms with Gasteiger partial charge in [-0.15, -0.1) is 0 Å². The van der Waals surface area contributed by atoms with Gasteiger partial charge in [0.15, 0.2) is 5.76 Å². The zero-order valence-electron chi connectivity index (χ0n) is 15.7. The Kier molecular flexibility index (Phi) is 5.81. The molecule has 1 amide bonds. The van der Waals surface area contributed by atoms with E-state index >= 15 is 0 Å². The van der Waals surface area contributed by atoms with Crippen LogP contribution in [-0.4, -0.2) is 15.7 Å². The van der Waals surface area contributed by atoms with Gasteiger partial charge in [-0.3, -0.25) is 9.48 Å². The van der Waals surface area contributed by atoms with E-state index in [4.69, 9.17) is 20.8 Å². The number of rotatable bonds is 7. The second-order valence-electron chi connectivity index (χ2n) is 6.52. The van der Waals surface area contributed by atoms with Crippen molar-refractivity contribution >= 4 is 23.2 Å². The number of nitrogens with one attached hydrogen (secondary N) is 1. The van der Waals surface area contributed by atoms with Crippen molar-refractivity contribution in [3.63, 3.8) is 0 Å². The Labute approximate surface area is 176 Å². The standard InChI is InChI=1S/C22H17ClFN3O3/c23-16-4-6-19(7-5-16)29-14-20-8-9-21(30-20)22(28)26-18-11-25-27(13-18)12-15-2-1-3-17(24)10-15/h1-11,13H,12,14H2,(H,26,28). The minimum Gasteiger partial charge on any atom is -0.486 e. The molecule has 2 aromatic heterocycles. The fourth-order valence-corrected chi connectivity index (χ4v) is 2.92. The van der Waals surface area contributed by atoms with Crippen molar-refractivity contribution in [3.8, 4) is 5.75 Å². The third-order valence-electron chi connectivity index (χ3n) is 4.20. The number of hydrogen-bond donors (Lipinski definition) is 1. The van der Waals surface area contributed by atoms with Crippen LogP contribution in [-0.2, 0) is 13.2 Å². The number of ether oxygens (including phenoxy) is 1. The number of hydrogen-bond acceptors (Lipinski definition) is 4. The third-order valence-corrected chi connectivity index (χ3v) is 4.46. The van der Waals surface area contributed by atoms with E-state index in [0.29, 0.717) is 28.8 Å². The molecule has 152 valence electrons. The molecule has 0 atom stereocenters. The lowest BCUT2D eigenvalue weighted by Gasteiger charge is -2.04. The summed E-state index contributed by atoms with van der Waals surface area (Å²) in [6.07, 6.45) is 3.18. The van der Waals surface area contributed by atoms with Gasteiger partial charge in [0, 0.05) is 11.2 Å². The molecule has 0 aliphatic rings. The molecule has 4 rings (SSSR count). The van der Waals surface area contributed by atoms with Gasteiger partial charge in [0.1, 0.15) is 23.9 Å². The normalized spacial score (nSPS) is 10.7. The third kappa shape index (κ3) is 5.07. The van der Waals surface area contributed by atoms with E-state index in [9.17, 15) is 9.18 Å². The van der Waals surface area contributed by atoms with E-state index in [1.807, 2.05) is 0 Å². The lowest BCUT2D eigenvalue weighted by Crippen LogP contribution is -2.10. The number of aromatic nitrogens is 2. The number of anilines is 1. The molecular weight excluding hydrogens is 409 g/mol. The predicted molar refractivity (Wildman–Crippen MR) is 110 cm³/mol. The molecule has 30 heavy (non-hydrogen) atoms. The molecule has 2 aromatic carbocycles. The Hall–Kier alpha value is -3.58. The maximum atomic E-state index is 13.3. The monoisotopic (exact) mass is 425 g/mol. The van der Waals surface area contributed by atoms with Crippen molar-refractivity contribution in [2.45, 2.75) is 13.2 Å². The number of halogens is 2. The topological polar surface area (TPSA) is 69.3 Å². The summed E-state index contributed by atoms with van der Waals surface area (Å²) in [5, 5.41) is 7.53. The number of carbonyl (C=O) groups is 1. The van der Waals surface area contributed by atoms with Gasteiger partial charge < -0.3 is 14.5 Å².